The highest BCUT2D eigenvalue weighted by atomic mass is 16.8. The number of rotatable bonds is 22. The lowest BCUT2D eigenvalue weighted by Crippen LogP contribution is -2.67. The molecule has 0 aromatic carbocycles. The third kappa shape index (κ3) is 17.0. The standard InChI is InChI=1S/C37H56O18/c1-9-10-11-12-13-14-15-16-17-18-45-36-34(51-26(7)43)33(50-25(6)42)31(29(53-36)20-47-22(3)39)55-37-35(52-27(8)44)32(49-24(5)41)30(48-23(4)40)28(54-37)19-46-21(2)38/h9,28-37H,1,10-20H2,2-8H3/t28-,29-,30+,31-,32+,33+,34-,35-,36-,37+/m1/s1. The normalized spacial score (nSPS) is 27.5. The third-order valence-corrected chi connectivity index (χ3v) is 8.22. The molecule has 18 heteroatoms. The van der Waals surface area contributed by atoms with Crippen LogP contribution < -0.4 is 0 Å². The van der Waals surface area contributed by atoms with Crippen molar-refractivity contribution in [2.75, 3.05) is 19.8 Å². The van der Waals surface area contributed by atoms with Gasteiger partial charge >= 0.3 is 41.8 Å². The molecule has 312 valence electrons. The second-order valence-electron chi connectivity index (χ2n) is 13.1. The van der Waals surface area contributed by atoms with Crippen LogP contribution in [0.25, 0.3) is 0 Å². The first-order valence-electron chi connectivity index (χ1n) is 18.4. The Hall–Kier alpha value is -4.13. The average molecular weight is 789 g/mol. The molecule has 2 saturated heterocycles. The molecule has 2 aliphatic rings. The van der Waals surface area contributed by atoms with Crippen LogP contribution >= 0.6 is 0 Å². The van der Waals surface area contributed by atoms with Crippen LogP contribution in [-0.2, 0) is 85.7 Å². The zero-order valence-corrected chi connectivity index (χ0v) is 32.7. The Labute approximate surface area is 321 Å². The number of esters is 7. The summed E-state index contributed by atoms with van der Waals surface area (Å²) in [6.07, 6.45) is -5.40. The maximum Gasteiger partial charge on any atom is 0.303 e. The Bertz CT molecular complexity index is 1300. The Morgan fingerprint density at radius 3 is 1.33 bits per heavy atom. The first-order chi connectivity index (χ1) is 26.0. The number of hydrogen-bond donors (Lipinski definition) is 0. The second kappa shape index (κ2) is 24.4. The topological polar surface area (TPSA) is 221 Å². The van der Waals surface area contributed by atoms with Crippen molar-refractivity contribution in [3.63, 3.8) is 0 Å². The monoisotopic (exact) mass is 788 g/mol. The van der Waals surface area contributed by atoms with Crippen molar-refractivity contribution in [3.05, 3.63) is 12.7 Å². The zero-order chi connectivity index (χ0) is 41.1. The van der Waals surface area contributed by atoms with Crippen LogP contribution in [0.2, 0.25) is 0 Å². The van der Waals surface area contributed by atoms with Crippen LogP contribution in [0.15, 0.2) is 12.7 Å². The molecule has 55 heavy (non-hydrogen) atoms. The number of carbonyl (C=O) groups excluding carboxylic acids is 7. The minimum atomic E-state index is -1.76. The molecule has 0 aromatic rings. The summed E-state index contributed by atoms with van der Waals surface area (Å²) >= 11 is 0. The van der Waals surface area contributed by atoms with E-state index in [1.54, 1.807) is 0 Å². The summed E-state index contributed by atoms with van der Waals surface area (Å²) in [7, 11) is 0. The van der Waals surface area contributed by atoms with E-state index in [9.17, 15) is 33.6 Å². The molecule has 0 amide bonds. The van der Waals surface area contributed by atoms with Crippen LogP contribution in [0.5, 0.6) is 0 Å². The van der Waals surface area contributed by atoms with Crippen molar-refractivity contribution in [2.24, 2.45) is 0 Å². The Kier molecular flexibility index (Phi) is 20.9. The molecule has 0 unspecified atom stereocenters. The number of carbonyl (C=O) groups is 7. The molecular formula is C37H56O18. The van der Waals surface area contributed by atoms with Gasteiger partial charge in [-0.15, -0.1) is 6.58 Å². The Morgan fingerprint density at radius 2 is 0.855 bits per heavy atom. The van der Waals surface area contributed by atoms with E-state index in [0.717, 1.165) is 93.4 Å². The van der Waals surface area contributed by atoms with Crippen molar-refractivity contribution in [1.82, 2.24) is 0 Å². The molecule has 2 aliphatic heterocycles. The van der Waals surface area contributed by atoms with Crippen molar-refractivity contribution < 1.29 is 85.7 Å². The van der Waals surface area contributed by atoms with Gasteiger partial charge in [-0.1, -0.05) is 38.2 Å². The summed E-state index contributed by atoms with van der Waals surface area (Å²) in [4.78, 5) is 85.8. The fourth-order valence-corrected chi connectivity index (χ4v) is 6.08. The lowest BCUT2D eigenvalue weighted by Gasteiger charge is -2.48. The summed E-state index contributed by atoms with van der Waals surface area (Å²) in [6, 6.07) is 0. The first kappa shape index (κ1) is 47.0. The van der Waals surface area contributed by atoms with Gasteiger partial charge in [0.15, 0.2) is 43.1 Å². The van der Waals surface area contributed by atoms with Crippen LogP contribution in [0.4, 0.5) is 0 Å². The minimum absolute atomic E-state index is 0.164. The highest BCUT2D eigenvalue weighted by molar-refractivity contribution is 5.69. The highest BCUT2D eigenvalue weighted by Gasteiger charge is 2.57. The van der Waals surface area contributed by atoms with E-state index in [1.807, 2.05) is 6.08 Å². The zero-order valence-electron chi connectivity index (χ0n) is 32.7. The third-order valence-electron chi connectivity index (χ3n) is 8.22. The molecule has 0 spiro atoms. The molecule has 2 rings (SSSR count). The van der Waals surface area contributed by atoms with Crippen LogP contribution in [0.1, 0.15) is 99.8 Å². The van der Waals surface area contributed by atoms with Gasteiger partial charge < -0.3 is 52.1 Å². The SMILES string of the molecule is C=CCCCCCCCCCO[C@@H]1O[C@H](COC(C)=O)[C@@H](O[C@@H]2O[C@H](COC(C)=O)[C@H](OC(C)=O)[C@H](OC(C)=O)[C@H]2OC(C)=O)[C@H](OC(C)=O)[C@H]1OC(C)=O. The summed E-state index contributed by atoms with van der Waals surface area (Å²) in [5.41, 5.74) is 0. The number of ether oxygens (including phenoxy) is 11. The molecule has 0 N–H and O–H groups in total. The van der Waals surface area contributed by atoms with E-state index in [0.29, 0.717) is 6.42 Å². The van der Waals surface area contributed by atoms with Crippen molar-refractivity contribution >= 4 is 41.8 Å². The molecule has 0 radical (unpaired) electrons. The lowest BCUT2D eigenvalue weighted by atomic mass is 9.96. The van der Waals surface area contributed by atoms with E-state index >= 15 is 0 Å². The number of hydrogen-bond acceptors (Lipinski definition) is 18. The smallest absolute Gasteiger partial charge is 0.303 e. The summed E-state index contributed by atoms with van der Waals surface area (Å²) in [5.74, 6) is -5.69. The van der Waals surface area contributed by atoms with Crippen molar-refractivity contribution in [3.8, 4) is 0 Å². The largest absolute Gasteiger partial charge is 0.463 e. The number of unbranched alkanes of at least 4 members (excludes halogenated alkanes) is 7. The average Bonchev–Trinajstić information content (AvgIpc) is 3.07. The van der Waals surface area contributed by atoms with Crippen molar-refractivity contribution in [1.29, 1.82) is 0 Å². The molecule has 2 fully saturated rings. The predicted molar refractivity (Wildman–Crippen MR) is 186 cm³/mol. The van der Waals surface area contributed by atoms with Gasteiger partial charge in [-0.25, -0.2) is 0 Å². The van der Waals surface area contributed by atoms with Gasteiger partial charge in [0.2, 0.25) is 0 Å². The summed E-state index contributed by atoms with van der Waals surface area (Å²) < 4.78 is 62.8. The highest BCUT2D eigenvalue weighted by Crippen LogP contribution is 2.35. The van der Waals surface area contributed by atoms with E-state index in [4.69, 9.17) is 52.1 Å². The molecule has 18 nitrogen and oxygen atoms in total. The molecule has 0 aromatic heterocycles. The molecule has 0 saturated carbocycles. The summed E-state index contributed by atoms with van der Waals surface area (Å²) in [5, 5.41) is 0. The lowest BCUT2D eigenvalue weighted by molar-refractivity contribution is -0.361. The maximum atomic E-state index is 12.6. The van der Waals surface area contributed by atoms with Gasteiger partial charge in [-0.3, -0.25) is 33.6 Å². The van der Waals surface area contributed by atoms with E-state index in [-0.39, 0.29) is 6.61 Å². The van der Waals surface area contributed by atoms with E-state index in [2.05, 4.69) is 6.58 Å². The van der Waals surface area contributed by atoms with E-state index in [1.165, 1.54) is 0 Å². The van der Waals surface area contributed by atoms with Crippen molar-refractivity contribution in [2.45, 2.75) is 161 Å². The molecular weight excluding hydrogens is 732 g/mol. The van der Waals surface area contributed by atoms with Gasteiger partial charge in [0.25, 0.3) is 0 Å². The van der Waals surface area contributed by atoms with Gasteiger partial charge in [0, 0.05) is 55.1 Å². The van der Waals surface area contributed by atoms with Gasteiger partial charge in [0.1, 0.15) is 31.5 Å². The van der Waals surface area contributed by atoms with Gasteiger partial charge in [-0.2, -0.15) is 0 Å². The van der Waals surface area contributed by atoms with E-state index < -0.39 is 116 Å². The van der Waals surface area contributed by atoms with Gasteiger partial charge in [0.05, 0.1) is 0 Å². The molecule has 0 aliphatic carbocycles. The Morgan fingerprint density at radius 1 is 0.473 bits per heavy atom. The predicted octanol–water partition coefficient (Wildman–Crippen LogP) is 2.93. The van der Waals surface area contributed by atoms with Crippen LogP contribution in [0, 0.1) is 0 Å². The molecule has 2 heterocycles. The Balaban J connectivity index is 2.53. The quantitative estimate of drug-likeness (QED) is 0.0666. The fraction of sp³-hybridized carbons (Fsp3) is 0.757. The molecule has 0 bridgehead atoms. The minimum Gasteiger partial charge on any atom is -0.463 e. The summed E-state index contributed by atoms with van der Waals surface area (Å²) in [6.45, 7) is 10.5. The van der Waals surface area contributed by atoms with Crippen LogP contribution in [0.3, 0.4) is 0 Å². The second-order valence-corrected chi connectivity index (χ2v) is 13.1. The number of allylic oxidation sites excluding steroid dienone is 1. The first-order valence-corrected chi connectivity index (χ1v) is 18.4. The maximum absolute atomic E-state index is 12.6. The fourth-order valence-electron chi connectivity index (χ4n) is 6.08. The van der Waals surface area contributed by atoms with Crippen LogP contribution in [-0.4, -0.2) is 123 Å². The molecule has 10 atom stereocenters. The van der Waals surface area contributed by atoms with Gasteiger partial charge in [-0.05, 0) is 19.3 Å².